The fourth-order valence-corrected chi connectivity index (χ4v) is 3.36. The number of fused-ring (bicyclic) bond motifs is 1. The van der Waals surface area contributed by atoms with E-state index in [1.807, 2.05) is 13.0 Å². The van der Waals surface area contributed by atoms with Crippen LogP contribution in [0.3, 0.4) is 0 Å². The fourth-order valence-electron chi connectivity index (χ4n) is 3.36. The lowest BCUT2D eigenvalue weighted by Gasteiger charge is -2.36. The fraction of sp³-hybridized carbons (Fsp3) is 0.389. The Labute approximate surface area is 146 Å². The molecule has 0 unspecified atom stereocenters. The van der Waals surface area contributed by atoms with Crippen molar-refractivity contribution in [2.45, 2.75) is 19.3 Å². The van der Waals surface area contributed by atoms with Crippen molar-refractivity contribution >= 4 is 17.0 Å². The largest absolute Gasteiger partial charge is 0.413 e. The van der Waals surface area contributed by atoms with E-state index in [4.69, 9.17) is 10.6 Å². The van der Waals surface area contributed by atoms with Gasteiger partial charge >= 0.3 is 0 Å². The molecule has 25 heavy (non-hydrogen) atoms. The first-order chi connectivity index (χ1) is 12.1. The average Bonchev–Trinajstić information content (AvgIpc) is 2.98. The van der Waals surface area contributed by atoms with Gasteiger partial charge in [0.25, 0.3) is 0 Å². The lowest BCUT2D eigenvalue weighted by molar-refractivity contribution is 0.180. The molecule has 0 amide bonds. The number of rotatable bonds is 4. The molecule has 0 aliphatic carbocycles. The second-order valence-electron chi connectivity index (χ2n) is 6.51. The third-order valence-electron chi connectivity index (χ3n) is 4.72. The van der Waals surface area contributed by atoms with Crippen LogP contribution in [0.1, 0.15) is 24.2 Å². The predicted octanol–water partition coefficient (Wildman–Crippen LogP) is 1.73. The highest BCUT2D eigenvalue weighted by atomic mass is 16.6. The number of likely N-dealkylation sites (N-methyl/N-ethyl adjacent to an activating group) is 1. The summed E-state index contributed by atoms with van der Waals surface area (Å²) in [6.07, 6.45) is 0.703. The molecule has 1 aromatic carbocycles. The molecule has 130 valence electrons. The zero-order valence-electron chi connectivity index (χ0n) is 14.7. The summed E-state index contributed by atoms with van der Waals surface area (Å²) in [5, 5.41) is 0. The summed E-state index contributed by atoms with van der Waals surface area (Å²) in [7, 11) is 3.75. The van der Waals surface area contributed by atoms with E-state index in [0.717, 1.165) is 18.7 Å². The minimum absolute atomic E-state index is 0.385. The number of nitrogens with zero attached hydrogens (tertiary/aromatic N) is 5. The van der Waals surface area contributed by atoms with E-state index >= 15 is 0 Å². The third-order valence-corrected chi connectivity index (χ3v) is 4.72. The Morgan fingerprint density at radius 3 is 2.72 bits per heavy atom. The van der Waals surface area contributed by atoms with Crippen LogP contribution in [0.5, 0.6) is 0 Å². The molecule has 1 aliphatic heterocycles. The monoisotopic (exact) mass is 338 g/mol. The van der Waals surface area contributed by atoms with Crippen LogP contribution in [-0.4, -0.2) is 51.8 Å². The maximum atomic E-state index is 6.08. The highest BCUT2D eigenvalue weighted by Gasteiger charge is 2.25. The molecular formula is C18H22N6O. The van der Waals surface area contributed by atoms with Gasteiger partial charge in [0.1, 0.15) is 12.9 Å². The molecule has 3 aromatic rings. The number of aromatic nitrogens is 4. The second kappa shape index (κ2) is 6.00. The first kappa shape index (κ1) is 15.8. The van der Waals surface area contributed by atoms with Gasteiger partial charge in [-0.05, 0) is 18.7 Å². The van der Waals surface area contributed by atoms with Crippen LogP contribution in [0, 0.1) is 0 Å². The number of likely N-dealkylation sites (tertiary alicyclic amines) is 1. The number of hydrogen-bond acceptors (Lipinski definition) is 6. The highest BCUT2D eigenvalue weighted by Crippen LogP contribution is 2.30. The second-order valence-corrected chi connectivity index (χ2v) is 6.51. The van der Waals surface area contributed by atoms with Crippen LogP contribution in [0.4, 0.5) is 5.82 Å². The summed E-state index contributed by atoms with van der Waals surface area (Å²) in [5.74, 6) is 2.33. The Morgan fingerprint density at radius 1 is 1.24 bits per heavy atom. The van der Waals surface area contributed by atoms with Crippen LogP contribution >= 0.6 is 0 Å². The molecule has 7 heteroatoms. The van der Waals surface area contributed by atoms with Crippen LogP contribution in [0.15, 0.2) is 24.3 Å². The van der Waals surface area contributed by atoms with Gasteiger partial charge in [-0.3, -0.25) is 0 Å². The molecule has 2 N–H and O–H groups in total. The third kappa shape index (κ3) is 2.60. The molecule has 0 saturated carbocycles. The molecule has 2 aromatic heterocycles. The van der Waals surface area contributed by atoms with Crippen molar-refractivity contribution in [3.63, 3.8) is 0 Å². The maximum absolute atomic E-state index is 6.08. The topological polar surface area (TPSA) is 82.1 Å². The van der Waals surface area contributed by atoms with E-state index in [9.17, 15) is 0 Å². The number of benzene rings is 1. The van der Waals surface area contributed by atoms with Gasteiger partial charge in [0.05, 0.1) is 0 Å². The summed E-state index contributed by atoms with van der Waals surface area (Å²) in [6.45, 7) is 4.17. The minimum atomic E-state index is 0.385. The van der Waals surface area contributed by atoms with Crippen molar-refractivity contribution in [2.24, 2.45) is 0 Å². The molecule has 0 atom stereocenters. The van der Waals surface area contributed by atoms with Crippen molar-refractivity contribution in [2.75, 3.05) is 33.0 Å². The number of aryl methyl sites for hydroxylation is 1. The number of imidazole rings is 1. The molecule has 4 rings (SSSR count). The van der Waals surface area contributed by atoms with E-state index in [1.165, 1.54) is 5.56 Å². The molecule has 0 spiro atoms. The van der Waals surface area contributed by atoms with Crippen LogP contribution in [0.25, 0.3) is 22.6 Å². The molecule has 1 saturated heterocycles. The number of anilines is 1. The molecule has 0 radical (unpaired) electrons. The Hall–Kier alpha value is -2.67. The van der Waals surface area contributed by atoms with Crippen molar-refractivity contribution in [1.29, 1.82) is 0 Å². The molecular weight excluding hydrogens is 316 g/mol. The highest BCUT2D eigenvalue weighted by molar-refractivity contribution is 5.85. The SMILES string of the molecule is CCc1nc(N)c2nc(-c3cccc(C4CN(C)C4)c3)n(OC)c2n1. The van der Waals surface area contributed by atoms with E-state index in [2.05, 4.69) is 45.1 Å². The molecule has 1 fully saturated rings. The zero-order chi connectivity index (χ0) is 17.6. The standard InChI is InChI=1S/C18H22N6O/c1-4-14-20-16(19)15-18(21-14)24(25-3)17(22-15)12-7-5-6-11(8-12)13-9-23(2)10-13/h5-8,13H,4,9-10H2,1-3H3,(H2,19,20,21). The minimum Gasteiger partial charge on any atom is -0.413 e. The van der Waals surface area contributed by atoms with E-state index in [0.29, 0.717) is 41.0 Å². The van der Waals surface area contributed by atoms with Gasteiger partial charge < -0.3 is 15.5 Å². The normalized spacial score (nSPS) is 15.5. The molecule has 7 nitrogen and oxygen atoms in total. The average molecular weight is 338 g/mol. The molecule has 0 bridgehead atoms. The van der Waals surface area contributed by atoms with Crippen molar-refractivity contribution in [3.8, 4) is 11.4 Å². The van der Waals surface area contributed by atoms with Gasteiger partial charge in [0.15, 0.2) is 17.2 Å². The Morgan fingerprint density at radius 2 is 2.04 bits per heavy atom. The van der Waals surface area contributed by atoms with E-state index in [1.54, 1.807) is 11.8 Å². The summed E-state index contributed by atoms with van der Waals surface area (Å²) >= 11 is 0. The van der Waals surface area contributed by atoms with Crippen LogP contribution < -0.4 is 10.6 Å². The number of nitrogen functional groups attached to an aromatic ring is 1. The Balaban J connectivity index is 1.84. The van der Waals surface area contributed by atoms with Gasteiger partial charge in [-0.1, -0.05) is 25.1 Å². The van der Waals surface area contributed by atoms with Crippen LogP contribution in [-0.2, 0) is 6.42 Å². The number of nitrogens with two attached hydrogens (primary N) is 1. The molecule has 3 heterocycles. The first-order valence-electron chi connectivity index (χ1n) is 8.49. The van der Waals surface area contributed by atoms with Crippen molar-refractivity contribution in [3.05, 3.63) is 35.7 Å². The maximum Gasteiger partial charge on any atom is 0.202 e. The van der Waals surface area contributed by atoms with Gasteiger partial charge in [0.2, 0.25) is 5.65 Å². The lowest BCUT2D eigenvalue weighted by atomic mass is 9.91. The predicted molar refractivity (Wildman–Crippen MR) is 97.3 cm³/mol. The van der Waals surface area contributed by atoms with Crippen molar-refractivity contribution < 1.29 is 4.84 Å². The summed E-state index contributed by atoms with van der Waals surface area (Å²) in [4.78, 5) is 21.4. The van der Waals surface area contributed by atoms with Gasteiger partial charge in [-0.25, -0.2) is 15.0 Å². The van der Waals surface area contributed by atoms with Gasteiger partial charge in [-0.15, -0.1) is 4.73 Å². The smallest absolute Gasteiger partial charge is 0.202 e. The van der Waals surface area contributed by atoms with Crippen LogP contribution in [0.2, 0.25) is 0 Å². The van der Waals surface area contributed by atoms with Gasteiger partial charge in [-0.2, -0.15) is 0 Å². The molecule has 1 aliphatic rings. The summed E-state index contributed by atoms with van der Waals surface area (Å²) < 4.78 is 1.64. The number of hydrogen-bond donors (Lipinski definition) is 1. The summed E-state index contributed by atoms with van der Waals surface area (Å²) in [5.41, 5.74) is 9.57. The van der Waals surface area contributed by atoms with E-state index < -0.39 is 0 Å². The summed E-state index contributed by atoms with van der Waals surface area (Å²) in [6, 6.07) is 8.45. The Bertz CT molecular complexity index is 929. The quantitative estimate of drug-likeness (QED) is 0.780. The van der Waals surface area contributed by atoms with E-state index in [-0.39, 0.29) is 0 Å². The van der Waals surface area contributed by atoms with Crippen molar-refractivity contribution in [1.82, 2.24) is 24.6 Å². The lowest BCUT2D eigenvalue weighted by Crippen LogP contribution is -2.41. The first-order valence-corrected chi connectivity index (χ1v) is 8.49. The zero-order valence-corrected chi connectivity index (χ0v) is 14.7. The Kier molecular flexibility index (Phi) is 3.80. The van der Waals surface area contributed by atoms with Gasteiger partial charge in [0, 0.05) is 31.0 Å².